The van der Waals surface area contributed by atoms with Crippen molar-refractivity contribution in [1.29, 1.82) is 5.26 Å². The van der Waals surface area contributed by atoms with Crippen LogP contribution in [0.5, 0.6) is 11.5 Å². The molecule has 100 valence electrons. The second-order valence-electron chi connectivity index (χ2n) is 6.93. The molecular weight excluding hydrogens is 238 g/mol. The molecule has 0 amide bonds. The van der Waals surface area contributed by atoms with Crippen molar-refractivity contribution in [1.82, 2.24) is 0 Å². The quantitative estimate of drug-likeness (QED) is 0.708. The second-order valence-corrected chi connectivity index (χ2v) is 6.93. The van der Waals surface area contributed by atoms with Gasteiger partial charge in [0.05, 0.1) is 11.5 Å². The summed E-state index contributed by atoms with van der Waals surface area (Å²) in [6.45, 7) is 6.36. The number of benzene rings is 1. The minimum absolute atomic E-state index is 0.0325. The van der Waals surface area contributed by atoms with Crippen molar-refractivity contribution >= 4 is 0 Å². The molecule has 1 saturated carbocycles. The van der Waals surface area contributed by atoms with E-state index in [1.165, 1.54) is 0 Å². The molecule has 1 aromatic rings. The highest BCUT2D eigenvalue weighted by Gasteiger charge is 2.55. The molecule has 1 atom stereocenters. The molecule has 1 fully saturated rings. The Morgan fingerprint density at radius 3 is 2.11 bits per heavy atom. The smallest absolute Gasteiger partial charge is 0.253 e. The SMILES string of the molecule is CC1(C)CC(C)(C#N)CC2(C1)Oc1ccccc1O2. The van der Waals surface area contributed by atoms with E-state index in [2.05, 4.69) is 19.9 Å². The fourth-order valence-corrected chi connectivity index (χ4v) is 3.83. The lowest BCUT2D eigenvalue weighted by Crippen LogP contribution is -2.51. The van der Waals surface area contributed by atoms with Crippen LogP contribution in [0.2, 0.25) is 0 Å². The molecular formula is C16H19NO2. The van der Waals surface area contributed by atoms with Gasteiger partial charge in [-0.3, -0.25) is 0 Å². The van der Waals surface area contributed by atoms with Gasteiger partial charge in [-0.15, -0.1) is 0 Å². The predicted octanol–water partition coefficient (Wildman–Crippen LogP) is 3.89. The lowest BCUT2D eigenvalue weighted by Gasteiger charge is -2.46. The third-order valence-electron chi connectivity index (χ3n) is 3.99. The zero-order valence-corrected chi connectivity index (χ0v) is 11.7. The number of hydrogen-bond acceptors (Lipinski definition) is 3. The Morgan fingerprint density at radius 2 is 1.58 bits per heavy atom. The number of para-hydroxylation sites is 2. The molecule has 1 unspecified atom stereocenters. The van der Waals surface area contributed by atoms with Gasteiger partial charge in [0.1, 0.15) is 0 Å². The van der Waals surface area contributed by atoms with Gasteiger partial charge in [-0.2, -0.15) is 5.26 Å². The van der Waals surface area contributed by atoms with Crippen LogP contribution >= 0.6 is 0 Å². The highest BCUT2D eigenvalue weighted by molar-refractivity contribution is 5.43. The van der Waals surface area contributed by atoms with Crippen molar-refractivity contribution < 1.29 is 9.47 Å². The summed E-state index contributed by atoms with van der Waals surface area (Å²) in [4.78, 5) is 0. The van der Waals surface area contributed by atoms with Crippen LogP contribution in [0.15, 0.2) is 24.3 Å². The van der Waals surface area contributed by atoms with Gasteiger partial charge >= 0.3 is 0 Å². The van der Waals surface area contributed by atoms with E-state index in [0.29, 0.717) is 6.42 Å². The van der Waals surface area contributed by atoms with E-state index in [1.807, 2.05) is 31.2 Å². The van der Waals surface area contributed by atoms with Crippen LogP contribution in [0.3, 0.4) is 0 Å². The van der Waals surface area contributed by atoms with Crippen LogP contribution in [-0.2, 0) is 0 Å². The summed E-state index contributed by atoms with van der Waals surface area (Å²) in [5.41, 5.74) is -0.367. The van der Waals surface area contributed by atoms with Crippen LogP contribution in [-0.4, -0.2) is 5.79 Å². The fourth-order valence-electron chi connectivity index (χ4n) is 3.83. The van der Waals surface area contributed by atoms with Gasteiger partial charge in [-0.05, 0) is 30.9 Å². The second kappa shape index (κ2) is 3.66. The number of hydrogen-bond donors (Lipinski definition) is 0. The normalized spacial score (nSPS) is 30.0. The van der Waals surface area contributed by atoms with Gasteiger partial charge in [0.15, 0.2) is 11.5 Å². The number of rotatable bonds is 0. The minimum atomic E-state index is -0.671. The molecule has 1 aromatic carbocycles. The summed E-state index contributed by atoms with van der Waals surface area (Å²) in [5.74, 6) is 0.914. The average molecular weight is 257 g/mol. The highest BCUT2D eigenvalue weighted by atomic mass is 16.7. The van der Waals surface area contributed by atoms with Gasteiger partial charge in [-0.1, -0.05) is 26.0 Å². The molecule has 3 rings (SSSR count). The van der Waals surface area contributed by atoms with E-state index in [4.69, 9.17) is 9.47 Å². The fraction of sp³-hybridized carbons (Fsp3) is 0.562. The Bertz CT molecular complexity index is 533. The van der Waals surface area contributed by atoms with Gasteiger partial charge < -0.3 is 9.47 Å². The van der Waals surface area contributed by atoms with E-state index in [9.17, 15) is 5.26 Å². The minimum Gasteiger partial charge on any atom is -0.448 e. The molecule has 3 heteroatoms. The van der Waals surface area contributed by atoms with Crippen LogP contribution in [0.4, 0.5) is 0 Å². The van der Waals surface area contributed by atoms with E-state index >= 15 is 0 Å². The Hall–Kier alpha value is -1.69. The van der Waals surface area contributed by atoms with Crippen LogP contribution in [0.1, 0.15) is 40.0 Å². The van der Waals surface area contributed by atoms with Gasteiger partial charge in [0, 0.05) is 12.8 Å². The first-order valence-electron chi connectivity index (χ1n) is 6.74. The number of fused-ring (bicyclic) bond motifs is 1. The Morgan fingerprint density at radius 1 is 1.00 bits per heavy atom. The summed E-state index contributed by atoms with van der Waals surface area (Å²) in [7, 11) is 0. The average Bonchev–Trinajstić information content (AvgIpc) is 2.62. The predicted molar refractivity (Wildman–Crippen MR) is 71.8 cm³/mol. The maximum absolute atomic E-state index is 9.48. The summed E-state index contributed by atoms with van der Waals surface area (Å²) < 4.78 is 12.2. The lowest BCUT2D eigenvalue weighted by molar-refractivity contribution is -0.159. The topological polar surface area (TPSA) is 42.2 Å². The van der Waals surface area contributed by atoms with E-state index in [-0.39, 0.29) is 5.41 Å². The maximum atomic E-state index is 9.48. The van der Waals surface area contributed by atoms with Crippen molar-refractivity contribution in [2.75, 3.05) is 0 Å². The standard InChI is InChI=1S/C16H19NO2/c1-14(2)8-15(3,11-17)10-16(9-14)18-12-6-4-5-7-13(12)19-16/h4-7H,8-10H2,1-3H3. The van der Waals surface area contributed by atoms with Gasteiger partial charge in [0.2, 0.25) is 0 Å². The summed E-state index contributed by atoms with van der Waals surface area (Å²) in [5, 5.41) is 9.48. The molecule has 0 saturated heterocycles. The molecule has 0 bridgehead atoms. The molecule has 1 aliphatic heterocycles. The molecule has 0 radical (unpaired) electrons. The first-order valence-corrected chi connectivity index (χ1v) is 6.74. The Balaban J connectivity index is 1.96. The third-order valence-corrected chi connectivity index (χ3v) is 3.99. The third kappa shape index (κ3) is 2.06. The number of ether oxygens (including phenoxy) is 2. The van der Waals surface area contributed by atoms with E-state index in [1.54, 1.807) is 0 Å². The largest absolute Gasteiger partial charge is 0.448 e. The number of nitriles is 1. The first kappa shape index (κ1) is 12.3. The van der Waals surface area contributed by atoms with Crippen molar-refractivity contribution in [3.8, 4) is 17.6 Å². The Kier molecular flexibility index (Phi) is 2.38. The zero-order chi connectivity index (χ0) is 13.7. The summed E-state index contributed by atoms with van der Waals surface area (Å²) in [6.07, 6.45) is 2.31. The van der Waals surface area contributed by atoms with Crippen molar-refractivity contribution in [3.63, 3.8) is 0 Å². The van der Waals surface area contributed by atoms with Crippen LogP contribution in [0.25, 0.3) is 0 Å². The summed E-state index contributed by atoms with van der Waals surface area (Å²) >= 11 is 0. The monoisotopic (exact) mass is 257 g/mol. The molecule has 19 heavy (non-hydrogen) atoms. The molecule has 1 aliphatic carbocycles. The molecule has 1 heterocycles. The van der Waals surface area contributed by atoms with Gasteiger partial charge in [0.25, 0.3) is 5.79 Å². The van der Waals surface area contributed by atoms with Crippen molar-refractivity contribution in [2.45, 2.75) is 45.8 Å². The van der Waals surface area contributed by atoms with Crippen molar-refractivity contribution in [3.05, 3.63) is 24.3 Å². The van der Waals surface area contributed by atoms with Crippen molar-refractivity contribution in [2.24, 2.45) is 10.8 Å². The first-order chi connectivity index (χ1) is 8.86. The summed E-state index contributed by atoms with van der Waals surface area (Å²) in [6, 6.07) is 10.2. The van der Waals surface area contributed by atoms with Crippen LogP contribution in [0, 0.1) is 22.2 Å². The van der Waals surface area contributed by atoms with E-state index < -0.39 is 11.2 Å². The van der Waals surface area contributed by atoms with E-state index in [0.717, 1.165) is 24.3 Å². The lowest BCUT2D eigenvalue weighted by atomic mass is 9.62. The van der Waals surface area contributed by atoms with Crippen LogP contribution < -0.4 is 9.47 Å². The molecule has 0 N–H and O–H groups in total. The molecule has 1 spiro atoms. The molecule has 2 aliphatic rings. The van der Waals surface area contributed by atoms with Gasteiger partial charge in [-0.25, -0.2) is 0 Å². The highest BCUT2D eigenvalue weighted by Crippen LogP contribution is 2.55. The zero-order valence-electron chi connectivity index (χ0n) is 11.7. The molecule has 3 nitrogen and oxygen atoms in total. The maximum Gasteiger partial charge on any atom is 0.253 e. The number of nitrogens with zero attached hydrogens (tertiary/aromatic N) is 1. The Labute approximate surface area is 114 Å². The molecule has 0 aromatic heterocycles.